The van der Waals surface area contributed by atoms with Crippen LogP contribution >= 0.6 is 11.3 Å². The number of rotatable bonds is 4. The lowest BCUT2D eigenvalue weighted by Crippen LogP contribution is -2.09. The molecule has 1 heterocycles. The highest BCUT2D eigenvalue weighted by atomic mass is 32.1. The van der Waals surface area contributed by atoms with E-state index in [-0.39, 0.29) is 27.3 Å². The lowest BCUT2D eigenvalue weighted by atomic mass is 10.1. The van der Waals surface area contributed by atoms with Crippen LogP contribution in [-0.2, 0) is 4.79 Å². The zero-order valence-electron chi connectivity index (χ0n) is 10.5. The van der Waals surface area contributed by atoms with Crippen molar-refractivity contribution in [2.24, 2.45) is 0 Å². The number of thiophene rings is 1. The van der Waals surface area contributed by atoms with Crippen LogP contribution in [0.25, 0.3) is 0 Å². The van der Waals surface area contributed by atoms with Crippen LogP contribution < -0.4 is 5.32 Å². The van der Waals surface area contributed by atoms with Crippen molar-refractivity contribution in [3.05, 3.63) is 57.0 Å². The second kappa shape index (κ2) is 5.62. The van der Waals surface area contributed by atoms with E-state index in [9.17, 15) is 19.7 Å². The Bertz CT molecular complexity index is 679. The fourth-order valence-corrected chi connectivity index (χ4v) is 2.53. The van der Waals surface area contributed by atoms with Crippen molar-refractivity contribution in [1.82, 2.24) is 0 Å². The van der Waals surface area contributed by atoms with Gasteiger partial charge in [-0.05, 0) is 0 Å². The first-order valence-corrected chi connectivity index (χ1v) is 6.46. The molecule has 1 N–H and O–H groups in total. The molecule has 0 saturated carbocycles. The number of carbonyl (C=O) groups excluding carboxylic acids is 2. The molecular weight excluding hydrogens is 280 g/mol. The highest BCUT2D eigenvalue weighted by Crippen LogP contribution is 2.34. The lowest BCUT2D eigenvalue weighted by Gasteiger charge is -2.02. The Hall–Kier alpha value is -2.54. The molecule has 2 aromatic rings. The molecule has 1 aromatic carbocycles. The second-order valence-corrected chi connectivity index (χ2v) is 4.99. The van der Waals surface area contributed by atoms with Crippen molar-refractivity contribution in [3.8, 4) is 0 Å². The van der Waals surface area contributed by atoms with E-state index in [1.54, 1.807) is 30.3 Å². The minimum atomic E-state index is -0.586. The lowest BCUT2D eigenvalue weighted by molar-refractivity contribution is -0.380. The van der Waals surface area contributed by atoms with Crippen LogP contribution in [0.5, 0.6) is 0 Å². The van der Waals surface area contributed by atoms with E-state index < -0.39 is 4.92 Å². The van der Waals surface area contributed by atoms with Gasteiger partial charge in [0.25, 0.3) is 0 Å². The molecule has 0 aliphatic heterocycles. The number of amides is 1. The molecule has 0 unspecified atom stereocenters. The fourth-order valence-electron chi connectivity index (χ4n) is 1.64. The number of hydrogen-bond acceptors (Lipinski definition) is 5. The number of benzene rings is 1. The summed E-state index contributed by atoms with van der Waals surface area (Å²) in [6, 6.07) is 9.60. The van der Waals surface area contributed by atoms with Gasteiger partial charge in [0, 0.05) is 12.5 Å². The van der Waals surface area contributed by atoms with Crippen LogP contribution in [0, 0.1) is 10.1 Å². The topological polar surface area (TPSA) is 89.3 Å². The highest BCUT2D eigenvalue weighted by molar-refractivity contribution is 7.18. The summed E-state index contributed by atoms with van der Waals surface area (Å²) in [5, 5.41) is 13.1. The van der Waals surface area contributed by atoms with E-state index in [0.717, 1.165) is 11.3 Å². The maximum atomic E-state index is 12.3. The van der Waals surface area contributed by atoms with Gasteiger partial charge in [-0.2, -0.15) is 0 Å². The first-order chi connectivity index (χ1) is 9.49. The Labute approximate surface area is 118 Å². The summed E-state index contributed by atoms with van der Waals surface area (Å²) in [5.41, 5.74) is 0.582. The van der Waals surface area contributed by atoms with Gasteiger partial charge in [0.05, 0.1) is 16.7 Å². The Morgan fingerprint density at radius 1 is 1.25 bits per heavy atom. The molecule has 0 spiro atoms. The molecule has 20 heavy (non-hydrogen) atoms. The average molecular weight is 290 g/mol. The average Bonchev–Trinajstić information content (AvgIpc) is 2.82. The predicted molar refractivity (Wildman–Crippen MR) is 75.2 cm³/mol. The monoisotopic (exact) mass is 290 g/mol. The summed E-state index contributed by atoms with van der Waals surface area (Å²) < 4.78 is 0. The van der Waals surface area contributed by atoms with E-state index in [2.05, 4.69) is 5.32 Å². The first kappa shape index (κ1) is 13.9. The fraction of sp³-hybridized carbons (Fsp3) is 0.0769. The van der Waals surface area contributed by atoms with Crippen molar-refractivity contribution in [2.75, 3.05) is 5.32 Å². The SMILES string of the molecule is CC(=O)Nc1cc([N+](=O)[O-])sc1C(=O)c1ccccc1. The van der Waals surface area contributed by atoms with Crippen LogP contribution in [-0.4, -0.2) is 16.6 Å². The number of ketones is 1. The van der Waals surface area contributed by atoms with E-state index in [1.165, 1.54) is 13.0 Å². The van der Waals surface area contributed by atoms with Crippen LogP contribution in [0.1, 0.15) is 22.2 Å². The molecule has 2 rings (SSSR count). The number of carbonyl (C=O) groups is 2. The van der Waals surface area contributed by atoms with Crippen LogP contribution in [0.3, 0.4) is 0 Å². The van der Waals surface area contributed by atoms with Crippen LogP contribution in [0.15, 0.2) is 36.4 Å². The van der Waals surface area contributed by atoms with Gasteiger partial charge in [0.1, 0.15) is 4.88 Å². The second-order valence-electron chi connectivity index (χ2n) is 3.96. The molecule has 0 saturated heterocycles. The van der Waals surface area contributed by atoms with Crippen molar-refractivity contribution in [3.63, 3.8) is 0 Å². The maximum absolute atomic E-state index is 12.3. The summed E-state index contributed by atoms with van der Waals surface area (Å²) in [7, 11) is 0. The Kier molecular flexibility index (Phi) is 3.90. The third kappa shape index (κ3) is 2.89. The molecule has 6 nitrogen and oxygen atoms in total. The van der Waals surface area contributed by atoms with E-state index >= 15 is 0 Å². The molecule has 1 amide bonds. The summed E-state index contributed by atoms with van der Waals surface area (Å²) in [4.78, 5) is 33.8. The van der Waals surface area contributed by atoms with Gasteiger partial charge >= 0.3 is 5.00 Å². The van der Waals surface area contributed by atoms with E-state index in [1.807, 2.05) is 0 Å². The minimum absolute atomic E-state index is 0.151. The Balaban J connectivity index is 2.46. The quantitative estimate of drug-likeness (QED) is 0.532. The molecule has 7 heteroatoms. The summed E-state index contributed by atoms with van der Waals surface area (Å²) in [5.74, 6) is -0.743. The van der Waals surface area contributed by atoms with Crippen LogP contribution in [0.4, 0.5) is 10.7 Å². The largest absolute Gasteiger partial charge is 0.326 e. The van der Waals surface area contributed by atoms with Gasteiger partial charge in [0.2, 0.25) is 11.7 Å². The molecule has 102 valence electrons. The van der Waals surface area contributed by atoms with Crippen molar-refractivity contribution < 1.29 is 14.5 Å². The molecule has 1 aromatic heterocycles. The van der Waals surface area contributed by atoms with Crippen molar-refractivity contribution >= 4 is 33.7 Å². The van der Waals surface area contributed by atoms with Gasteiger partial charge in [-0.1, -0.05) is 41.7 Å². The maximum Gasteiger partial charge on any atom is 0.326 e. The van der Waals surface area contributed by atoms with Gasteiger partial charge in [-0.25, -0.2) is 0 Å². The third-order valence-electron chi connectivity index (χ3n) is 2.45. The Morgan fingerprint density at radius 2 is 1.90 bits per heavy atom. The first-order valence-electron chi connectivity index (χ1n) is 5.64. The number of hydrogen-bond donors (Lipinski definition) is 1. The van der Waals surface area contributed by atoms with Gasteiger partial charge in [-0.3, -0.25) is 19.7 Å². The van der Waals surface area contributed by atoms with Crippen molar-refractivity contribution in [1.29, 1.82) is 0 Å². The number of nitrogens with zero attached hydrogens (tertiary/aromatic N) is 1. The molecule has 0 aliphatic carbocycles. The summed E-state index contributed by atoms with van der Waals surface area (Å²) in [6.07, 6.45) is 0. The number of nitrogens with one attached hydrogen (secondary N) is 1. The van der Waals surface area contributed by atoms with E-state index in [0.29, 0.717) is 5.56 Å². The zero-order valence-corrected chi connectivity index (χ0v) is 11.3. The molecule has 0 bridgehead atoms. The molecule has 0 fully saturated rings. The third-order valence-corrected chi connectivity index (χ3v) is 3.54. The summed E-state index contributed by atoms with van der Waals surface area (Å²) >= 11 is 0.749. The van der Waals surface area contributed by atoms with E-state index in [4.69, 9.17) is 0 Å². The molecule has 0 atom stereocenters. The van der Waals surface area contributed by atoms with Crippen molar-refractivity contribution in [2.45, 2.75) is 6.92 Å². The Morgan fingerprint density at radius 3 is 2.45 bits per heavy atom. The summed E-state index contributed by atoms with van der Waals surface area (Å²) in [6.45, 7) is 1.28. The molecule has 0 aliphatic rings. The van der Waals surface area contributed by atoms with Gasteiger partial charge in [0.15, 0.2) is 0 Å². The minimum Gasteiger partial charge on any atom is -0.325 e. The van der Waals surface area contributed by atoms with Gasteiger partial charge < -0.3 is 5.32 Å². The molecule has 0 radical (unpaired) electrons. The van der Waals surface area contributed by atoms with Crippen LogP contribution in [0.2, 0.25) is 0 Å². The highest BCUT2D eigenvalue weighted by Gasteiger charge is 2.23. The predicted octanol–water partition coefficient (Wildman–Crippen LogP) is 2.85. The van der Waals surface area contributed by atoms with Gasteiger partial charge in [-0.15, -0.1) is 0 Å². The zero-order chi connectivity index (χ0) is 14.7. The normalized spacial score (nSPS) is 10.1. The molecular formula is C13H10N2O4S. The smallest absolute Gasteiger partial charge is 0.325 e. The standard InChI is InChI=1S/C13H10N2O4S/c1-8(16)14-10-7-11(15(18)19)20-13(10)12(17)9-5-3-2-4-6-9/h2-7H,1H3,(H,14,16). The number of anilines is 1. The number of nitro groups is 1.